The van der Waals surface area contributed by atoms with Crippen molar-refractivity contribution in [1.29, 1.82) is 0 Å². The molecule has 108 valence electrons. The Morgan fingerprint density at radius 1 is 1.25 bits per heavy atom. The maximum Gasteiger partial charge on any atom is 0.326 e. The molecule has 3 unspecified atom stereocenters. The van der Waals surface area contributed by atoms with Gasteiger partial charge in [-0.1, -0.05) is 12.8 Å². The van der Waals surface area contributed by atoms with E-state index in [4.69, 9.17) is 0 Å². The Morgan fingerprint density at radius 2 is 2.05 bits per heavy atom. The number of aliphatic carboxylic acids is 1. The van der Waals surface area contributed by atoms with Gasteiger partial charge in [-0.2, -0.15) is 0 Å². The summed E-state index contributed by atoms with van der Waals surface area (Å²) in [5.41, 5.74) is 1.62. The van der Waals surface area contributed by atoms with Gasteiger partial charge in [-0.3, -0.25) is 9.78 Å². The standard InChI is InChI=1S/C14H18N2O3S/c17-13(12-7-15-8-20-12)16-10-4-2-1-3-9(10)5-6-11(16)14(18)19/h7-11H,1-6H2,(H,18,19). The van der Waals surface area contributed by atoms with Crippen LogP contribution in [0.2, 0.25) is 0 Å². The molecule has 2 fully saturated rings. The third kappa shape index (κ3) is 2.32. The largest absolute Gasteiger partial charge is 0.480 e. The molecular formula is C14H18N2O3S. The molecule has 3 rings (SSSR count). The van der Waals surface area contributed by atoms with Crippen LogP contribution in [0.3, 0.4) is 0 Å². The molecule has 0 spiro atoms. The highest BCUT2D eigenvalue weighted by molar-refractivity contribution is 7.11. The van der Waals surface area contributed by atoms with Crippen LogP contribution in [0.5, 0.6) is 0 Å². The fourth-order valence-electron chi connectivity index (χ4n) is 3.62. The van der Waals surface area contributed by atoms with Gasteiger partial charge in [-0.25, -0.2) is 4.79 Å². The van der Waals surface area contributed by atoms with Gasteiger partial charge >= 0.3 is 5.97 Å². The lowest BCUT2D eigenvalue weighted by atomic mass is 9.76. The van der Waals surface area contributed by atoms with Crippen LogP contribution in [0, 0.1) is 5.92 Å². The smallest absolute Gasteiger partial charge is 0.326 e. The molecule has 2 heterocycles. The number of hydrogen-bond acceptors (Lipinski definition) is 4. The molecule has 1 aromatic rings. The number of amides is 1. The summed E-state index contributed by atoms with van der Waals surface area (Å²) in [5, 5.41) is 9.44. The maximum atomic E-state index is 12.7. The summed E-state index contributed by atoms with van der Waals surface area (Å²) >= 11 is 1.28. The average molecular weight is 294 g/mol. The second-order valence-electron chi connectivity index (χ2n) is 5.62. The fraction of sp³-hybridized carbons (Fsp3) is 0.643. The zero-order chi connectivity index (χ0) is 14.1. The number of hydrogen-bond donors (Lipinski definition) is 1. The van der Waals surface area contributed by atoms with E-state index < -0.39 is 12.0 Å². The minimum atomic E-state index is -0.883. The quantitative estimate of drug-likeness (QED) is 0.909. The first kappa shape index (κ1) is 13.5. The molecule has 1 aromatic heterocycles. The van der Waals surface area contributed by atoms with Crippen molar-refractivity contribution in [1.82, 2.24) is 9.88 Å². The molecule has 6 heteroatoms. The van der Waals surface area contributed by atoms with E-state index in [9.17, 15) is 14.7 Å². The van der Waals surface area contributed by atoms with Crippen molar-refractivity contribution < 1.29 is 14.7 Å². The van der Waals surface area contributed by atoms with E-state index in [0.717, 1.165) is 25.7 Å². The van der Waals surface area contributed by atoms with Gasteiger partial charge in [0, 0.05) is 6.04 Å². The molecule has 1 aliphatic heterocycles. The van der Waals surface area contributed by atoms with E-state index in [0.29, 0.717) is 17.2 Å². The van der Waals surface area contributed by atoms with Crippen molar-refractivity contribution in [3.63, 3.8) is 0 Å². The van der Waals surface area contributed by atoms with Crippen LogP contribution < -0.4 is 0 Å². The van der Waals surface area contributed by atoms with Crippen molar-refractivity contribution in [2.45, 2.75) is 50.6 Å². The SMILES string of the molecule is O=C(O)C1CCC2CCCCC2N1C(=O)c1cncs1. The van der Waals surface area contributed by atoms with Crippen LogP contribution in [0.1, 0.15) is 48.2 Å². The van der Waals surface area contributed by atoms with E-state index in [1.54, 1.807) is 16.6 Å². The second kappa shape index (κ2) is 5.52. The van der Waals surface area contributed by atoms with E-state index >= 15 is 0 Å². The number of carboxylic acids is 1. The van der Waals surface area contributed by atoms with Gasteiger partial charge < -0.3 is 10.0 Å². The summed E-state index contributed by atoms with van der Waals surface area (Å²) in [6.45, 7) is 0. The first-order valence-electron chi connectivity index (χ1n) is 7.12. The molecule has 1 N–H and O–H groups in total. The Hall–Kier alpha value is -1.43. The van der Waals surface area contributed by atoms with E-state index in [2.05, 4.69) is 4.98 Å². The number of thiazole rings is 1. The van der Waals surface area contributed by atoms with E-state index in [1.807, 2.05) is 0 Å². The molecule has 1 aliphatic carbocycles. The zero-order valence-electron chi connectivity index (χ0n) is 11.2. The third-order valence-electron chi connectivity index (χ3n) is 4.54. The molecule has 3 atom stereocenters. The summed E-state index contributed by atoms with van der Waals surface area (Å²) in [6.07, 6.45) is 7.36. The number of likely N-dealkylation sites (tertiary alicyclic amines) is 1. The molecule has 0 aromatic carbocycles. The lowest BCUT2D eigenvalue weighted by Crippen LogP contribution is -2.57. The van der Waals surface area contributed by atoms with Gasteiger partial charge in [0.1, 0.15) is 10.9 Å². The van der Waals surface area contributed by atoms with Crippen LogP contribution in [0.15, 0.2) is 11.7 Å². The molecule has 0 radical (unpaired) electrons. The lowest BCUT2D eigenvalue weighted by molar-refractivity contribution is -0.146. The predicted molar refractivity (Wildman–Crippen MR) is 74.7 cm³/mol. The Labute approximate surface area is 121 Å². The minimum absolute atomic E-state index is 0.0909. The second-order valence-corrected chi connectivity index (χ2v) is 6.51. The highest BCUT2D eigenvalue weighted by Gasteiger charge is 2.44. The number of aromatic nitrogens is 1. The maximum absolute atomic E-state index is 12.7. The van der Waals surface area contributed by atoms with Crippen molar-refractivity contribution in [3.8, 4) is 0 Å². The lowest BCUT2D eigenvalue weighted by Gasteiger charge is -2.46. The van der Waals surface area contributed by atoms with E-state index in [-0.39, 0.29) is 11.9 Å². The number of carbonyl (C=O) groups is 2. The summed E-state index contributed by atoms with van der Waals surface area (Å²) < 4.78 is 0. The van der Waals surface area contributed by atoms with Gasteiger partial charge in [0.15, 0.2) is 0 Å². The predicted octanol–water partition coefficient (Wildman–Crippen LogP) is 2.39. The fourth-order valence-corrected chi connectivity index (χ4v) is 4.18. The molecule has 0 bridgehead atoms. The number of nitrogens with zero attached hydrogens (tertiary/aromatic N) is 2. The monoisotopic (exact) mass is 294 g/mol. The van der Waals surface area contributed by atoms with Gasteiger partial charge in [-0.15, -0.1) is 11.3 Å². The summed E-state index contributed by atoms with van der Waals surface area (Å²) in [6, 6.07) is -0.586. The van der Waals surface area contributed by atoms with Crippen LogP contribution in [-0.4, -0.2) is 39.0 Å². The normalized spacial score (nSPS) is 29.8. The number of piperidine rings is 1. The van der Waals surface area contributed by atoms with Gasteiger partial charge in [0.2, 0.25) is 0 Å². The van der Waals surface area contributed by atoms with Gasteiger partial charge in [-0.05, 0) is 31.6 Å². The minimum Gasteiger partial charge on any atom is -0.480 e. The van der Waals surface area contributed by atoms with Crippen LogP contribution >= 0.6 is 11.3 Å². The molecule has 1 amide bonds. The van der Waals surface area contributed by atoms with Crippen LogP contribution in [0.4, 0.5) is 0 Å². The molecule has 1 saturated carbocycles. The molecule has 1 saturated heterocycles. The van der Waals surface area contributed by atoms with Gasteiger partial charge in [0.05, 0.1) is 11.7 Å². The van der Waals surface area contributed by atoms with Crippen molar-refractivity contribution >= 4 is 23.2 Å². The average Bonchev–Trinajstić information content (AvgIpc) is 2.99. The summed E-state index contributed by atoms with van der Waals surface area (Å²) in [5.74, 6) is -0.570. The van der Waals surface area contributed by atoms with Crippen molar-refractivity contribution in [2.24, 2.45) is 5.92 Å². The first-order chi connectivity index (χ1) is 9.68. The Morgan fingerprint density at radius 3 is 2.75 bits per heavy atom. The van der Waals surface area contributed by atoms with Crippen LogP contribution in [0.25, 0.3) is 0 Å². The van der Waals surface area contributed by atoms with E-state index in [1.165, 1.54) is 17.8 Å². The van der Waals surface area contributed by atoms with Crippen LogP contribution in [-0.2, 0) is 4.79 Å². The number of rotatable bonds is 2. The Bertz CT molecular complexity index is 503. The van der Waals surface area contributed by atoms with Crippen molar-refractivity contribution in [2.75, 3.05) is 0 Å². The summed E-state index contributed by atoms with van der Waals surface area (Å²) in [7, 11) is 0. The topological polar surface area (TPSA) is 70.5 Å². The Kier molecular flexibility index (Phi) is 3.74. The molecule has 5 nitrogen and oxygen atoms in total. The van der Waals surface area contributed by atoms with Gasteiger partial charge in [0.25, 0.3) is 5.91 Å². The zero-order valence-corrected chi connectivity index (χ0v) is 12.0. The number of carbonyl (C=O) groups excluding carboxylic acids is 1. The molecule has 20 heavy (non-hydrogen) atoms. The summed E-state index contributed by atoms with van der Waals surface area (Å²) in [4.78, 5) is 30.3. The highest BCUT2D eigenvalue weighted by atomic mass is 32.1. The highest BCUT2D eigenvalue weighted by Crippen LogP contribution is 2.38. The van der Waals surface area contributed by atoms with Crippen molar-refractivity contribution in [3.05, 3.63) is 16.6 Å². The molecule has 2 aliphatic rings. The Balaban J connectivity index is 1.91. The third-order valence-corrected chi connectivity index (χ3v) is 5.30. The molecular weight excluding hydrogens is 276 g/mol. The number of carboxylic acid groups (broad SMARTS) is 1. The first-order valence-corrected chi connectivity index (χ1v) is 8.00. The number of fused-ring (bicyclic) bond motifs is 1.